The van der Waals surface area contributed by atoms with Crippen LogP contribution in [0.3, 0.4) is 0 Å². The number of carbonyl (C=O) groups is 1. The number of rotatable bonds is 8. The number of nitrogens with one attached hydrogen (secondary N) is 1. The highest BCUT2D eigenvalue weighted by Crippen LogP contribution is 2.32. The molecule has 0 bridgehead atoms. The summed E-state index contributed by atoms with van der Waals surface area (Å²) in [7, 11) is 1.57. The van der Waals surface area contributed by atoms with Gasteiger partial charge >= 0.3 is 0 Å². The number of carbonyl (C=O) groups excluding carboxylic acids is 1. The third-order valence-corrected chi connectivity index (χ3v) is 5.73. The summed E-state index contributed by atoms with van der Waals surface area (Å²) >= 11 is 4.89. The Bertz CT molecular complexity index is 986. The average Bonchev–Trinajstić information content (AvgIpc) is 3.08. The normalized spacial score (nSPS) is 10.6. The molecule has 0 aliphatic rings. The van der Waals surface area contributed by atoms with Crippen molar-refractivity contribution in [3.05, 3.63) is 57.4 Å². The minimum Gasteiger partial charge on any atom is -0.493 e. The van der Waals surface area contributed by atoms with Gasteiger partial charge in [-0.25, -0.2) is 4.98 Å². The number of anilines is 1. The zero-order chi connectivity index (χ0) is 20.8. The van der Waals surface area contributed by atoms with E-state index in [2.05, 4.69) is 33.2 Å². The molecule has 1 amide bonds. The van der Waals surface area contributed by atoms with Gasteiger partial charge < -0.3 is 9.47 Å². The lowest BCUT2D eigenvalue weighted by Gasteiger charge is -2.11. The molecule has 3 aromatic rings. The fraction of sp³-hybridized carbons (Fsp3) is 0.273. The van der Waals surface area contributed by atoms with E-state index in [0.29, 0.717) is 28.8 Å². The first-order valence-electron chi connectivity index (χ1n) is 9.37. The fourth-order valence-corrected chi connectivity index (χ4v) is 3.84. The van der Waals surface area contributed by atoms with Gasteiger partial charge in [-0.2, -0.15) is 0 Å². The summed E-state index contributed by atoms with van der Waals surface area (Å²) < 4.78 is 12.1. The molecular formula is C22H23BrN2O3S. The first-order valence-corrected chi connectivity index (χ1v) is 11.0. The van der Waals surface area contributed by atoms with Gasteiger partial charge in [0.25, 0.3) is 5.91 Å². The number of hydrogen-bond donors (Lipinski definition) is 1. The van der Waals surface area contributed by atoms with Gasteiger partial charge in [0.05, 0.1) is 19.4 Å². The fourth-order valence-electron chi connectivity index (χ4n) is 2.75. The van der Waals surface area contributed by atoms with Gasteiger partial charge in [0.1, 0.15) is 0 Å². The number of halogens is 1. The molecule has 0 aliphatic heterocycles. The van der Waals surface area contributed by atoms with Crippen molar-refractivity contribution in [1.29, 1.82) is 0 Å². The van der Waals surface area contributed by atoms with Crippen LogP contribution in [0.2, 0.25) is 0 Å². The standard InChI is InChI=1S/C22H23BrN2O3S/c1-4-5-12-28-18-11-8-16(13-19(18)27-3)21(26)25-22-24-20(14(2)29-22)15-6-9-17(23)10-7-15/h6-11,13H,4-5,12H2,1-3H3,(H,24,25,26). The molecule has 0 saturated heterocycles. The molecule has 0 atom stereocenters. The van der Waals surface area contributed by atoms with Crippen LogP contribution in [0.5, 0.6) is 11.5 Å². The maximum Gasteiger partial charge on any atom is 0.257 e. The highest BCUT2D eigenvalue weighted by atomic mass is 79.9. The van der Waals surface area contributed by atoms with E-state index in [0.717, 1.165) is 33.4 Å². The second-order valence-electron chi connectivity index (χ2n) is 6.45. The summed E-state index contributed by atoms with van der Waals surface area (Å²) in [6.45, 7) is 4.72. The molecule has 0 unspecified atom stereocenters. The van der Waals surface area contributed by atoms with Crippen molar-refractivity contribution >= 4 is 38.3 Å². The predicted molar refractivity (Wildman–Crippen MR) is 121 cm³/mol. The Labute approximate surface area is 183 Å². The van der Waals surface area contributed by atoms with Crippen molar-refractivity contribution < 1.29 is 14.3 Å². The Morgan fingerprint density at radius 3 is 2.62 bits per heavy atom. The Morgan fingerprint density at radius 1 is 1.17 bits per heavy atom. The number of ether oxygens (including phenoxy) is 2. The van der Waals surface area contributed by atoms with Gasteiger partial charge in [-0.05, 0) is 43.7 Å². The van der Waals surface area contributed by atoms with Crippen molar-refractivity contribution in [1.82, 2.24) is 4.98 Å². The van der Waals surface area contributed by atoms with Crippen molar-refractivity contribution in [2.75, 3.05) is 19.0 Å². The van der Waals surface area contributed by atoms with Crippen LogP contribution in [0, 0.1) is 6.92 Å². The van der Waals surface area contributed by atoms with Crippen LogP contribution in [0.1, 0.15) is 35.0 Å². The summed E-state index contributed by atoms with van der Waals surface area (Å²) in [5.74, 6) is 0.944. The topological polar surface area (TPSA) is 60.5 Å². The highest BCUT2D eigenvalue weighted by molar-refractivity contribution is 9.10. The minimum atomic E-state index is -0.237. The lowest BCUT2D eigenvalue weighted by molar-refractivity contribution is 0.102. The van der Waals surface area contributed by atoms with E-state index in [4.69, 9.17) is 9.47 Å². The number of aromatic nitrogens is 1. The molecule has 3 rings (SSSR count). The smallest absolute Gasteiger partial charge is 0.257 e. The van der Waals surface area contributed by atoms with Gasteiger partial charge in [0, 0.05) is 20.5 Å². The number of methoxy groups -OCH3 is 1. The summed E-state index contributed by atoms with van der Waals surface area (Å²) in [6, 6.07) is 13.1. The SMILES string of the molecule is CCCCOc1ccc(C(=O)Nc2nc(-c3ccc(Br)cc3)c(C)s2)cc1OC. The van der Waals surface area contributed by atoms with Gasteiger partial charge in [-0.1, -0.05) is 41.4 Å². The first-order chi connectivity index (χ1) is 14.0. The molecule has 1 aromatic heterocycles. The van der Waals surface area contributed by atoms with E-state index in [1.54, 1.807) is 25.3 Å². The van der Waals surface area contributed by atoms with Crippen LogP contribution in [0.15, 0.2) is 46.9 Å². The van der Waals surface area contributed by atoms with E-state index < -0.39 is 0 Å². The van der Waals surface area contributed by atoms with Crippen LogP contribution in [0.4, 0.5) is 5.13 Å². The van der Waals surface area contributed by atoms with Gasteiger partial charge in [-0.3, -0.25) is 10.1 Å². The van der Waals surface area contributed by atoms with E-state index in [-0.39, 0.29) is 5.91 Å². The van der Waals surface area contributed by atoms with Crippen molar-refractivity contribution in [2.24, 2.45) is 0 Å². The molecule has 0 radical (unpaired) electrons. The van der Waals surface area contributed by atoms with Crippen LogP contribution < -0.4 is 14.8 Å². The number of hydrogen-bond acceptors (Lipinski definition) is 5. The quantitative estimate of drug-likeness (QED) is 0.388. The molecule has 0 fully saturated rings. The van der Waals surface area contributed by atoms with Gasteiger partial charge in [0.2, 0.25) is 0 Å². The number of aryl methyl sites for hydroxylation is 1. The summed E-state index contributed by atoms with van der Waals surface area (Å²) in [5, 5.41) is 3.45. The van der Waals surface area contributed by atoms with E-state index in [1.807, 2.05) is 31.2 Å². The summed E-state index contributed by atoms with van der Waals surface area (Å²) in [6.07, 6.45) is 2.02. The molecule has 29 heavy (non-hydrogen) atoms. The van der Waals surface area contributed by atoms with Gasteiger partial charge in [0.15, 0.2) is 16.6 Å². The molecule has 5 nitrogen and oxygen atoms in total. The number of unbranched alkanes of at least 4 members (excludes halogenated alkanes) is 1. The second-order valence-corrected chi connectivity index (χ2v) is 8.57. The predicted octanol–water partition coefficient (Wildman–Crippen LogP) is 6.32. The van der Waals surface area contributed by atoms with Crippen molar-refractivity contribution in [2.45, 2.75) is 26.7 Å². The van der Waals surface area contributed by atoms with Crippen LogP contribution in [0.25, 0.3) is 11.3 Å². The average molecular weight is 475 g/mol. The number of amides is 1. The molecule has 0 saturated carbocycles. The Balaban J connectivity index is 1.75. The lowest BCUT2D eigenvalue weighted by atomic mass is 10.1. The Kier molecular flexibility index (Phi) is 7.28. The summed E-state index contributed by atoms with van der Waals surface area (Å²) in [5.41, 5.74) is 2.37. The zero-order valence-corrected chi connectivity index (χ0v) is 19.0. The second kappa shape index (κ2) is 9.89. The Hall–Kier alpha value is -2.38. The third-order valence-electron chi connectivity index (χ3n) is 4.32. The number of benzene rings is 2. The summed E-state index contributed by atoms with van der Waals surface area (Å²) in [4.78, 5) is 18.4. The monoisotopic (exact) mass is 474 g/mol. The first kappa shape index (κ1) is 21.3. The van der Waals surface area contributed by atoms with E-state index >= 15 is 0 Å². The van der Waals surface area contributed by atoms with Crippen LogP contribution in [-0.4, -0.2) is 24.6 Å². The molecule has 1 heterocycles. The molecular weight excluding hydrogens is 452 g/mol. The molecule has 2 aromatic carbocycles. The maximum absolute atomic E-state index is 12.7. The van der Waals surface area contributed by atoms with Gasteiger partial charge in [-0.15, -0.1) is 11.3 Å². The minimum absolute atomic E-state index is 0.237. The molecule has 1 N–H and O–H groups in total. The number of thiazole rings is 1. The number of nitrogens with zero attached hydrogens (tertiary/aromatic N) is 1. The maximum atomic E-state index is 12.7. The van der Waals surface area contributed by atoms with E-state index in [9.17, 15) is 4.79 Å². The Morgan fingerprint density at radius 2 is 1.93 bits per heavy atom. The van der Waals surface area contributed by atoms with Crippen molar-refractivity contribution in [3.8, 4) is 22.8 Å². The van der Waals surface area contributed by atoms with Crippen LogP contribution >= 0.6 is 27.3 Å². The molecule has 7 heteroatoms. The van der Waals surface area contributed by atoms with E-state index in [1.165, 1.54) is 11.3 Å². The van der Waals surface area contributed by atoms with Crippen molar-refractivity contribution in [3.63, 3.8) is 0 Å². The molecule has 152 valence electrons. The highest BCUT2D eigenvalue weighted by Gasteiger charge is 2.15. The lowest BCUT2D eigenvalue weighted by Crippen LogP contribution is -2.12. The zero-order valence-electron chi connectivity index (χ0n) is 16.6. The molecule has 0 spiro atoms. The third kappa shape index (κ3) is 5.36. The van der Waals surface area contributed by atoms with Crippen LogP contribution in [-0.2, 0) is 0 Å². The molecule has 0 aliphatic carbocycles. The largest absolute Gasteiger partial charge is 0.493 e.